The van der Waals surface area contributed by atoms with Crippen LogP contribution in [0.25, 0.3) is 71.6 Å². The molecule has 0 aliphatic carbocycles. The van der Waals surface area contributed by atoms with Gasteiger partial charge in [0, 0.05) is 11.3 Å². The highest BCUT2D eigenvalue weighted by Crippen LogP contribution is 2.35. The second-order valence-corrected chi connectivity index (χ2v) is 10.1. The molecule has 2 nitrogen and oxygen atoms in total. The Labute approximate surface area is 226 Å². The van der Waals surface area contributed by atoms with Gasteiger partial charge in [-0.3, -0.25) is 4.57 Å². The Morgan fingerprint density at radius 3 is 1.92 bits per heavy atom. The van der Waals surface area contributed by atoms with E-state index < -0.39 is 0 Å². The van der Waals surface area contributed by atoms with Crippen molar-refractivity contribution in [1.29, 1.82) is 0 Å². The summed E-state index contributed by atoms with van der Waals surface area (Å²) in [6, 6.07) is 52.0. The maximum atomic E-state index is 4.99. The van der Waals surface area contributed by atoms with Gasteiger partial charge in [0.2, 0.25) is 0 Å². The first kappa shape index (κ1) is 21.8. The van der Waals surface area contributed by atoms with Crippen LogP contribution in [0, 0.1) is 0 Å². The highest BCUT2D eigenvalue weighted by molar-refractivity contribution is 6.20. The summed E-state index contributed by atoms with van der Waals surface area (Å²) in [7, 11) is 0. The van der Waals surface area contributed by atoms with Crippen LogP contribution >= 0.6 is 0 Å². The van der Waals surface area contributed by atoms with Crippen molar-refractivity contribution in [2.75, 3.05) is 0 Å². The van der Waals surface area contributed by atoms with Gasteiger partial charge in [0.15, 0.2) is 0 Å². The molecule has 0 bridgehead atoms. The Morgan fingerprint density at radius 1 is 0.436 bits per heavy atom. The summed E-state index contributed by atoms with van der Waals surface area (Å²) >= 11 is 0. The number of para-hydroxylation sites is 2. The molecule has 0 aliphatic rings. The summed E-state index contributed by atoms with van der Waals surface area (Å²) in [5.41, 5.74) is 6.72. The fraction of sp³-hybridized carbons (Fsp3) is 0. The van der Waals surface area contributed by atoms with Crippen LogP contribution in [-0.4, -0.2) is 9.55 Å². The monoisotopic (exact) mass is 496 g/mol. The van der Waals surface area contributed by atoms with Crippen molar-refractivity contribution in [2.24, 2.45) is 0 Å². The Morgan fingerprint density at radius 2 is 1.08 bits per heavy atom. The molecule has 0 saturated carbocycles. The van der Waals surface area contributed by atoms with Crippen LogP contribution in [0.5, 0.6) is 0 Å². The molecule has 0 unspecified atom stereocenters. The Hall–Kier alpha value is -5.21. The smallest absolute Gasteiger partial charge is 0.145 e. The van der Waals surface area contributed by atoms with Crippen LogP contribution in [0.15, 0.2) is 146 Å². The Kier molecular flexibility index (Phi) is 4.86. The van der Waals surface area contributed by atoms with Crippen molar-refractivity contribution < 1.29 is 0 Å². The topological polar surface area (TPSA) is 17.8 Å². The molecule has 7 aromatic carbocycles. The average Bonchev–Trinajstić information content (AvgIpc) is 3.41. The molecule has 8 rings (SSSR count). The lowest BCUT2D eigenvalue weighted by atomic mass is 9.94. The molecule has 0 amide bonds. The molecule has 0 spiro atoms. The van der Waals surface area contributed by atoms with E-state index in [-0.39, 0.29) is 0 Å². The first-order valence-corrected chi connectivity index (χ1v) is 13.3. The number of benzene rings is 7. The van der Waals surface area contributed by atoms with Crippen molar-refractivity contribution >= 4 is 43.4 Å². The van der Waals surface area contributed by atoms with Gasteiger partial charge in [-0.15, -0.1) is 0 Å². The molecule has 39 heavy (non-hydrogen) atoms. The lowest BCUT2D eigenvalue weighted by molar-refractivity contribution is 1.10. The third kappa shape index (κ3) is 3.53. The zero-order valence-electron chi connectivity index (χ0n) is 21.3. The van der Waals surface area contributed by atoms with Crippen molar-refractivity contribution in [3.05, 3.63) is 146 Å². The molecule has 1 heterocycles. The summed E-state index contributed by atoms with van der Waals surface area (Å²) < 4.78 is 2.26. The second-order valence-electron chi connectivity index (χ2n) is 10.1. The van der Waals surface area contributed by atoms with Gasteiger partial charge in [-0.05, 0) is 73.8 Å². The normalized spacial score (nSPS) is 11.6. The van der Waals surface area contributed by atoms with Gasteiger partial charge < -0.3 is 0 Å². The van der Waals surface area contributed by atoms with Crippen LogP contribution in [0.2, 0.25) is 0 Å². The molecular formula is C37H24N2. The third-order valence-electron chi connectivity index (χ3n) is 7.78. The van der Waals surface area contributed by atoms with E-state index in [1.165, 1.54) is 43.4 Å². The van der Waals surface area contributed by atoms with Gasteiger partial charge in [0.1, 0.15) is 5.82 Å². The Bertz CT molecular complexity index is 2150. The van der Waals surface area contributed by atoms with E-state index in [9.17, 15) is 0 Å². The van der Waals surface area contributed by atoms with Gasteiger partial charge >= 0.3 is 0 Å². The second kappa shape index (κ2) is 8.68. The molecular weight excluding hydrogens is 472 g/mol. The number of fused-ring (bicyclic) bond motifs is 6. The average molecular weight is 497 g/mol. The predicted octanol–water partition coefficient (Wildman–Crippen LogP) is 9.82. The van der Waals surface area contributed by atoms with E-state index in [2.05, 4.69) is 138 Å². The minimum atomic E-state index is 0.952. The summed E-state index contributed by atoms with van der Waals surface area (Å²) in [4.78, 5) is 4.99. The van der Waals surface area contributed by atoms with Crippen LogP contribution in [-0.2, 0) is 0 Å². The maximum Gasteiger partial charge on any atom is 0.145 e. The van der Waals surface area contributed by atoms with Gasteiger partial charge in [-0.25, -0.2) is 4.98 Å². The number of nitrogens with zero attached hydrogens (tertiary/aromatic N) is 2. The van der Waals surface area contributed by atoms with Crippen molar-refractivity contribution in [2.45, 2.75) is 0 Å². The molecule has 2 heteroatoms. The minimum absolute atomic E-state index is 0.952. The zero-order valence-corrected chi connectivity index (χ0v) is 21.3. The van der Waals surface area contributed by atoms with Crippen LogP contribution < -0.4 is 0 Å². The molecule has 0 aliphatic heterocycles. The summed E-state index contributed by atoms with van der Waals surface area (Å²) in [5, 5.41) is 7.72. The van der Waals surface area contributed by atoms with Gasteiger partial charge in [0.05, 0.1) is 11.0 Å². The zero-order chi connectivity index (χ0) is 25.8. The summed E-state index contributed by atoms with van der Waals surface area (Å²) in [5.74, 6) is 0.952. The highest BCUT2D eigenvalue weighted by atomic mass is 15.1. The number of hydrogen-bond donors (Lipinski definition) is 0. The standard InChI is InChI=1S/C37H24N2/c1-2-9-29(10-3-1)37-38-34-12-6-7-13-35(34)39(37)31-22-20-25(21-23-31)30-19-16-27-15-18-28-17-14-26-8-4-5-11-32(26)36(28)33(27)24-30/h1-24H. The Balaban J connectivity index is 1.28. The summed E-state index contributed by atoms with van der Waals surface area (Å²) in [6.45, 7) is 0. The lowest BCUT2D eigenvalue weighted by Crippen LogP contribution is -1.97. The van der Waals surface area contributed by atoms with E-state index in [4.69, 9.17) is 4.98 Å². The molecule has 1 aromatic heterocycles. The fourth-order valence-corrected chi connectivity index (χ4v) is 5.88. The van der Waals surface area contributed by atoms with E-state index in [0.29, 0.717) is 0 Å². The molecule has 0 radical (unpaired) electrons. The molecule has 0 fully saturated rings. The number of aromatic nitrogens is 2. The van der Waals surface area contributed by atoms with Gasteiger partial charge in [0.25, 0.3) is 0 Å². The van der Waals surface area contributed by atoms with Gasteiger partial charge in [-0.1, -0.05) is 115 Å². The van der Waals surface area contributed by atoms with Crippen molar-refractivity contribution in [3.63, 3.8) is 0 Å². The molecule has 0 N–H and O–H groups in total. The maximum absolute atomic E-state index is 4.99. The largest absolute Gasteiger partial charge is 0.292 e. The van der Waals surface area contributed by atoms with E-state index in [1.54, 1.807) is 0 Å². The SMILES string of the molecule is c1ccc(-c2nc3ccccc3n2-c2ccc(-c3ccc4ccc5ccc6ccccc6c5c4c3)cc2)cc1. The predicted molar refractivity (Wildman–Crippen MR) is 164 cm³/mol. The molecule has 0 saturated heterocycles. The lowest BCUT2D eigenvalue weighted by Gasteiger charge is -2.12. The number of rotatable bonds is 3. The van der Waals surface area contributed by atoms with Crippen LogP contribution in [0.3, 0.4) is 0 Å². The van der Waals surface area contributed by atoms with Crippen molar-refractivity contribution in [3.8, 4) is 28.2 Å². The summed E-state index contributed by atoms with van der Waals surface area (Å²) in [6.07, 6.45) is 0. The van der Waals surface area contributed by atoms with Crippen molar-refractivity contribution in [1.82, 2.24) is 9.55 Å². The molecule has 182 valence electrons. The van der Waals surface area contributed by atoms with Crippen LogP contribution in [0.1, 0.15) is 0 Å². The van der Waals surface area contributed by atoms with Crippen LogP contribution in [0.4, 0.5) is 0 Å². The minimum Gasteiger partial charge on any atom is -0.292 e. The first-order chi connectivity index (χ1) is 19.3. The quantitative estimate of drug-likeness (QED) is 0.223. The van der Waals surface area contributed by atoms with E-state index in [0.717, 1.165) is 28.1 Å². The third-order valence-corrected chi connectivity index (χ3v) is 7.78. The van der Waals surface area contributed by atoms with Gasteiger partial charge in [-0.2, -0.15) is 0 Å². The first-order valence-electron chi connectivity index (χ1n) is 13.3. The molecule has 0 atom stereocenters. The van der Waals surface area contributed by atoms with E-state index in [1.807, 2.05) is 12.1 Å². The fourth-order valence-electron chi connectivity index (χ4n) is 5.88. The molecule has 8 aromatic rings. The van der Waals surface area contributed by atoms with E-state index >= 15 is 0 Å². The highest BCUT2D eigenvalue weighted by Gasteiger charge is 2.14. The number of imidazole rings is 1. The number of hydrogen-bond acceptors (Lipinski definition) is 1.